The molecule has 0 saturated heterocycles. The average Bonchev–Trinajstić information content (AvgIpc) is 3.24. The molecular weight excluding hydrogens is 400 g/mol. The van der Waals surface area contributed by atoms with Crippen molar-refractivity contribution in [3.05, 3.63) is 48.0 Å². The predicted molar refractivity (Wildman–Crippen MR) is 117 cm³/mol. The van der Waals surface area contributed by atoms with Crippen molar-refractivity contribution < 1.29 is 14.3 Å². The molecule has 0 radical (unpaired) electrons. The van der Waals surface area contributed by atoms with Crippen molar-refractivity contribution in [3.63, 3.8) is 0 Å². The van der Waals surface area contributed by atoms with Crippen molar-refractivity contribution in [1.29, 1.82) is 0 Å². The molecule has 30 heavy (non-hydrogen) atoms. The van der Waals surface area contributed by atoms with Gasteiger partial charge in [-0.15, -0.1) is 10.2 Å². The van der Waals surface area contributed by atoms with Crippen molar-refractivity contribution in [3.8, 4) is 22.9 Å². The molecule has 1 N–H and O–H groups in total. The Labute approximate surface area is 179 Å². The number of carbonyl (C=O) groups excluding carboxylic acids is 1. The first-order valence-corrected chi connectivity index (χ1v) is 10.8. The van der Waals surface area contributed by atoms with Gasteiger partial charge in [-0.25, -0.2) is 0 Å². The maximum atomic E-state index is 12.5. The summed E-state index contributed by atoms with van der Waals surface area (Å²) in [6.45, 7) is 8.51. The highest BCUT2D eigenvalue weighted by atomic mass is 32.2. The Morgan fingerprint density at radius 3 is 2.67 bits per heavy atom. The standard InChI is InChI=1S/C22H24N4O3S/c1-5-26-20(16-9-7-6-8-14(16)2)24-25-21(26)30-13-19(27)23-15-10-11-17-18(12-15)29-22(3,4)28-17/h6-12H,5,13H2,1-4H3,(H,23,27). The Balaban J connectivity index is 1.42. The van der Waals surface area contributed by atoms with E-state index in [0.717, 1.165) is 28.7 Å². The Kier molecular flexibility index (Phi) is 5.42. The molecule has 0 bridgehead atoms. The number of amides is 1. The average molecular weight is 425 g/mol. The van der Waals surface area contributed by atoms with Crippen molar-refractivity contribution in [2.24, 2.45) is 0 Å². The lowest BCUT2D eigenvalue weighted by molar-refractivity contribution is -0.113. The second kappa shape index (κ2) is 8.02. The third kappa shape index (κ3) is 4.14. The van der Waals surface area contributed by atoms with Crippen LogP contribution in [-0.2, 0) is 11.3 Å². The molecule has 1 amide bonds. The normalized spacial score (nSPS) is 14.0. The number of aromatic nitrogens is 3. The molecule has 3 aromatic rings. The highest BCUT2D eigenvalue weighted by Gasteiger charge is 2.31. The Bertz CT molecular complexity index is 1090. The topological polar surface area (TPSA) is 78.3 Å². The first-order chi connectivity index (χ1) is 14.4. The quantitative estimate of drug-likeness (QED) is 0.587. The number of rotatable bonds is 6. The zero-order chi connectivity index (χ0) is 21.3. The number of benzene rings is 2. The zero-order valence-electron chi connectivity index (χ0n) is 17.4. The summed E-state index contributed by atoms with van der Waals surface area (Å²) >= 11 is 1.37. The second-order valence-corrected chi connectivity index (χ2v) is 8.41. The van der Waals surface area contributed by atoms with Gasteiger partial charge in [0, 0.05) is 37.7 Å². The van der Waals surface area contributed by atoms with Gasteiger partial charge < -0.3 is 19.4 Å². The first kappa shape index (κ1) is 20.3. The lowest BCUT2D eigenvalue weighted by atomic mass is 10.1. The monoisotopic (exact) mass is 424 g/mol. The van der Waals surface area contributed by atoms with Gasteiger partial charge in [-0.3, -0.25) is 4.79 Å². The third-order valence-corrected chi connectivity index (χ3v) is 5.66. The van der Waals surface area contributed by atoms with Gasteiger partial charge in [-0.2, -0.15) is 0 Å². The minimum absolute atomic E-state index is 0.124. The van der Waals surface area contributed by atoms with Crippen molar-refractivity contribution in [2.75, 3.05) is 11.1 Å². The summed E-state index contributed by atoms with van der Waals surface area (Å²) < 4.78 is 13.4. The largest absolute Gasteiger partial charge is 0.449 e. The van der Waals surface area contributed by atoms with E-state index < -0.39 is 5.79 Å². The molecule has 0 saturated carbocycles. The summed E-state index contributed by atoms with van der Waals surface area (Å²) in [4.78, 5) is 12.5. The smallest absolute Gasteiger partial charge is 0.246 e. The number of thioether (sulfide) groups is 1. The second-order valence-electron chi connectivity index (χ2n) is 7.47. The number of carbonyl (C=O) groups is 1. The highest BCUT2D eigenvalue weighted by molar-refractivity contribution is 7.99. The summed E-state index contributed by atoms with van der Waals surface area (Å²) in [7, 11) is 0. The fourth-order valence-electron chi connectivity index (χ4n) is 3.33. The van der Waals surface area contributed by atoms with Crippen LogP contribution >= 0.6 is 11.8 Å². The van der Waals surface area contributed by atoms with Crippen LogP contribution in [0.3, 0.4) is 0 Å². The Hall–Kier alpha value is -3.00. The molecule has 0 atom stereocenters. The molecule has 7 nitrogen and oxygen atoms in total. The molecule has 1 aliphatic rings. The molecule has 2 aromatic carbocycles. The summed E-state index contributed by atoms with van der Waals surface area (Å²) in [6, 6.07) is 13.5. The molecular formula is C22H24N4O3S. The van der Waals surface area contributed by atoms with Gasteiger partial charge >= 0.3 is 0 Å². The van der Waals surface area contributed by atoms with Crippen LogP contribution in [0.15, 0.2) is 47.6 Å². The minimum Gasteiger partial charge on any atom is -0.449 e. The molecule has 0 fully saturated rings. The van der Waals surface area contributed by atoms with Crippen LogP contribution in [0.1, 0.15) is 26.3 Å². The molecule has 0 aliphatic carbocycles. The lowest BCUT2D eigenvalue weighted by Gasteiger charge is -2.16. The molecule has 1 aromatic heterocycles. The van der Waals surface area contributed by atoms with E-state index in [0.29, 0.717) is 17.2 Å². The number of aryl methyl sites for hydroxylation is 1. The Morgan fingerprint density at radius 2 is 1.90 bits per heavy atom. The summed E-state index contributed by atoms with van der Waals surface area (Å²) in [6.07, 6.45) is 0. The van der Waals surface area contributed by atoms with Crippen LogP contribution in [0.4, 0.5) is 5.69 Å². The number of nitrogens with one attached hydrogen (secondary N) is 1. The molecule has 2 heterocycles. The van der Waals surface area contributed by atoms with Crippen LogP contribution in [0, 0.1) is 6.92 Å². The third-order valence-electron chi connectivity index (χ3n) is 4.69. The number of fused-ring (bicyclic) bond motifs is 1. The lowest BCUT2D eigenvalue weighted by Crippen LogP contribution is -2.29. The maximum Gasteiger partial charge on any atom is 0.246 e. The van der Waals surface area contributed by atoms with Crippen molar-refractivity contribution in [1.82, 2.24) is 14.8 Å². The number of hydrogen-bond acceptors (Lipinski definition) is 6. The van der Waals surface area contributed by atoms with Crippen LogP contribution in [-0.4, -0.2) is 32.2 Å². The number of hydrogen-bond donors (Lipinski definition) is 1. The van der Waals surface area contributed by atoms with Crippen molar-refractivity contribution >= 4 is 23.4 Å². The number of nitrogens with zero attached hydrogens (tertiary/aromatic N) is 3. The Morgan fingerprint density at radius 1 is 1.13 bits per heavy atom. The first-order valence-electron chi connectivity index (χ1n) is 9.80. The SMILES string of the molecule is CCn1c(SCC(=O)Nc2ccc3c(c2)OC(C)(C)O3)nnc1-c1ccccc1C. The van der Waals surface area contributed by atoms with E-state index in [-0.39, 0.29) is 11.7 Å². The predicted octanol–water partition coefficient (Wildman–Crippen LogP) is 4.51. The van der Waals surface area contributed by atoms with E-state index in [1.165, 1.54) is 11.8 Å². The number of anilines is 1. The van der Waals surface area contributed by atoms with Gasteiger partial charge in [0.2, 0.25) is 11.7 Å². The zero-order valence-corrected chi connectivity index (χ0v) is 18.2. The van der Waals surface area contributed by atoms with Crippen LogP contribution in [0.25, 0.3) is 11.4 Å². The van der Waals surface area contributed by atoms with Gasteiger partial charge in [-0.1, -0.05) is 36.0 Å². The van der Waals surface area contributed by atoms with E-state index in [1.807, 2.05) is 43.5 Å². The molecule has 1 aliphatic heterocycles. The minimum atomic E-state index is -0.695. The van der Waals surface area contributed by atoms with Crippen molar-refractivity contribution in [2.45, 2.75) is 45.2 Å². The maximum absolute atomic E-state index is 12.5. The van der Waals surface area contributed by atoms with E-state index in [1.54, 1.807) is 18.2 Å². The molecule has 156 valence electrons. The van der Waals surface area contributed by atoms with Crippen LogP contribution < -0.4 is 14.8 Å². The van der Waals surface area contributed by atoms with Gasteiger partial charge in [-0.05, 0) is 31.5 Å². The van der Waals surface area contributed by atoms with E-state index >= 15 is 0 Å². The fraction of sp³-hybridized carbons (Fsp3) is 0.318. The van der Waals surface area contributed by atoms with Gasteiger partial charge in [0.15, 0.2) is 22.5 Å². The summed E-state index contributed by atoms with van der Waals surface area (Å²) in [5.41, 5.74) is 2.85. The van der Waals surface area contributed by atoms with E-state index in [9.17, 15) is 4.79 Å². The van der Waals surface area contributed by atoms with E-state index in [4.69, 9.17) is 9.47 Å². The molecule has 4 rings (SSSR count). The van der Waals surface area contributed by atoms with Gasteiger partial charge in [0.1, 0.15) is 0 Å². The van der Waals surface area contributed by atoms with Crippen LogP contribution in [0.2, 0.25) is 0 Å². The molecule has 0 unspecified atom stereocenters. The summed E-state index contributed by atoms with van der Waals surface area (Å²) in [5, 5.41) is 12.3. The van der Waals surface area contributed by atoms with E-state index in [2.05, 4.69) is 28.5 Å². The molecule has 0 spiro atoms. The highest BCUT2D eigenvalue weighted by Crippen LogP contribution is 2.40. The van der Waals surface area contributed by atoms with Gasteiger partial charge in [0.25, 0.3) is 0 Å². The van der Waals surface area contributed by atoms with Crippen LogP contribution in [0.5, 0.6) is 11.5 Å². The summed E-state index contributed by atoms with van der Waals surface area (Å²) in [5.74, 6) is 1.52. The fourth-order valence-corrected chi connectivity index (χ4v) is 4.13. The molecule has 8 heteroatoms. The number of ether oxygens (including phenoxy) is 2. The van der Waals surface area contributed by atoms with Gasteiger partial charge in [0.05, 0.1) is 5.75 Å².